The maximum atomic E-state index is 13.4. The Kier molecular flexibility index (Phi) is 9.08. The van der Waals surface area contributed by atoms with E-state index in [0.717, 1.165) is 16.2 Å². The van der Waals surface area contributed by atoms with Crippen molar-refractivity contribution in [1.82, 2.24) is 10.1 Å². The molecule has 2 bridgehead atoms. The average Bonchev–Trinajstić information content (AvgIpc) is 3.41. The van der Waals surface area contributed by atoms with Crippen LogP contribution in [0.15, 0.2) is 72.3 Å². The van der Waals surface area contributed by atoms with Gasteiger partial charge in [-0.1, -0.05) is 74.5 Å². The summed E-state index contributed by atoms with van der Waals surface area (Å²) in [5.41, 5.74) is 0.981. The van der Waals surface area contributed by atoms with E-state index >= 15 is 0 Å². The van der Waals surface area contributed by atoms with Crippen LogP contribution in [0.1, 0.15) is 51.7 Å². The van der Waals surface area contributed by atoms with E-state index in [1.165, 1.54) is 5.06 Å². The number of carbonyl (C=O) groups excluding carboxylic acids is 2. The number of benzene rings is 2. The Balaban J connectivity index is 1.49. The van der Waals surface area contributed by atoms with Crippen LogP contribution < -0.4 is 0 Å². The smallest absolute Gasteiger partial charge is 0.311 e. The molecule has 2 aromatic carbocycles. The van der Waals surface area contributed by atoms with Gasteiger partial charge in [0, 0.05) is 32.5 Å². The lowest BCUT2D eigenvalue weighted by molar-refractivity contribution is -0.222. The van der Waals surface area contributed by atoms with Crippen molar-refractivity contribution in [3.63, 3.8) is 0 Å². The molecule has 2 saturated heterocycles. The number of hydroxylamine groups is 4. The molecule has 3 heterocycles. The standard InChI is InChI=1S/C33H42N2O8/c1-21(2)30(36)42-27-16-32(4)28(35(40)19-24-13-9-6-10-14-24)17-33(38,43-32)22(3)15-26-29(27)25(31(37)41-26)20-34(39)18-23-11-7-5-8-12-23/h5-15,21,25-29,38-40H,16-20H2,1-4H3/b22-15+/t25?,26-,27?,28?,29+,32-,33-/m1/s1. The summed E-state index contributed by atoms with van der Waals surface area (Å²) >= 11 is 0. The van der Waals surface area contributed by atoms with Crippen LogP contribution in [0.4, 0.5) is 0 Å². The van der Waals surface area contributed by atoms with Crippen molar-refractivity contribution in [3.8, 4) is 0 Å². The van der Waals surface area contributed by atoms with Crippen molar-refractivity contribution in [2.75, 3.05) is 6.54 Å². The highest BCUT2D eigenvalue weighted by Crippen LogP contribution is 2.50. The predicted molar refractivity (Wildman–Crippen MR) is 155 cm³/mol. The second kappa shape index (κ2) is 12.5. The summed E-state index contributed by atoms with van der Waals surface area (Å²) < 4.78 is 18.3. The van der Waals surface area contributed by atoms with Gasteiger partial charge in [-0.25, -0.2) is 0 Å². The van der Waals surface area contributed by atoms with Gasteiger partial charge in [0.1, 0.15) is 12.2 Å². The monoisotopic (exact) mass is 594 g/mol. The topological polar surface area (TPSA) is 129 Å². The second-order valence-corrected chi connectivity index (χ2v) is 12.6. The van der Waals surface area contributed by atoms with Crippen molar-refractivity contribution < 1.29 is 39.3 Å². The van der Waals surface area contributed by atoms with E-state index in [0.29, 0.717) is 5.57 Å². The van der Waals surface area contributed by atoms with Crippen molar-refractivity contribution in [2.24, 2.45) is 17.8 Å². The Morgan fingerprint density at radius 3 is 2.23 bits per heavy atom. The minimum Gasteiger partial charge on any atom is -0.462 e. The SMILES string of the molecule is C/C1=C\[C@H]2OC(=O)C(CN(O)Cc3ccccc3)[C@@H]2C(OC(=O)C(C)C)C[C@@]2(C)O[C@]1(O)CC2N(O)Cc1ccccc1. The molecule has 0 radical (unpaired) electrons. The molecular formula is C33H42N2O8. The number of fused-ring (bicyclic) bond motifs is 3. The fourth-order valence-electron chi connectivity index (χ4n) is 6.60. The van der Waals surface area contributed by atoms with Gasteiger partial charge in [-0.3, -0.25) is 9.59 Å². The molecule has 43 heavy (non-hydrogen) atoms. The van der Waals surface area contributed by atoms with Gasteiger partial charge in [0.15, 0.2) is 5.79 Å². The number of nitrogens with zero attached hydrogens (tertiary/aromatic N) is 2. The first-order chi connectivity index (χ1) is 20.4. The lowest BCUT2D eigenvalue weighted by Crippen LogP contribution is -2.51. The maximum Gasteiger partial charge on any atom is 0.311 e. The second-order valence-electron chi connectivity index (χ2n) is 12.6. The molecule has 0 aromatic heterocycles. The van der Waals surface area contributed by atoms with Crippen LogP contribution in [0.3, 0.4) is 0 Å². The summed E-state index contributed by atoms with van der Waals surface area (Å²) in [6.45, 7) is 7.27. The minimum absolute atomic E-state index is 0.0519. The Hall–Kier alpha value is -3.12. The van der Waals surface area contributed by atoms with Crippen LogP contribution >= 0.6 is 0 Å². The lowest BCUT2D eigenvalue weighted by Gasteiger charge is -2.39. The number of carbonyl (C=O) groups is 2. The molecule has 10 nitrogen and oxygen atoms in total. The molecule has 3 aliphatic rings. The van der Waals surface area contributed by atoms with E-state index in [4.69, 9.17) is 14.2 Å². The molecule has 7 atom stereocenters. The normalized spacial score (nSPS) is 33.4. The van der Waals surface area contributed by atoms with E-state index in [2.05, 4.69) is 0 Å². The van der Waals surface area contributed by atoms with E-state index in [-0.39, 0.29) is 32.5 Å². The summed E-state index contributed by atoms with van der Waals surface area (Å²) in [6, 6.07) is 18.2. The highest BCUT2D eigenvalue weighted by atomic mass is 16.7. The Morgan fingerprint density at radius 1 is 1.02 bits per heavy atom. The van der Waals surface area contributed by atoms with Gasteiger partial charge in [0.05, 0.1) is 29.4 Å². The molecule has 2 fully saturated rings. The van der Waals surface area contributed by atoms with Crippen LogP contribution in [0, 0.1) is 17.8 Å². The van der Waals surface area contributed by atoms with E-state index < -0.39 is 59.3 Å². The summed E-state index contributed by atoms with van der Waals surface area (Å²) in [5.74, 6) is -4.68. The van der Waals surface area contributed by atoms with Crippen molar-refractivity contribution in [1.29, 1.82) is 0 Å². The van der Waals surface area contributed by atoms with Gasteiger partial charge in [-0.15, -0.1) is 0 Å². The van der Waals surface area contributed by atoms with E-state index in [1.54, 1.807) is 33.8 Å². The summed E-state index contributed by atoms with van der Waals surface area (Å²) in [5, 5.41) is 36.3. The molecular weight excluding hydrogens is 552 g/mol. The zero-order valence-corrected chi connectivity index (χ0v) is 25.1. The van der Waals surface area contributed by atoms with Crippen molar-refractivity contribution in [3.05, 3.63) is 83.4 Å². The first-order valence-corrected chi connectivity index (χ1v) is 14.9. The summed E-state index contributed by atoms with van der Waals surface area (Å²) in [6.07, 6.45) is 0.0740. The van der Waals surface area contributed by atoms with E-state index in [1.807, 2.05) is 60.7 Å². The summed E-state index contributed by atoms with van der Waals surface area (Å²) in [4.78, 5) is 26.4. The molecule has 5 rings (SSSR count). The molecule has 0 amide bonds. The third-order valence-electron chi connectivity index (χ3n) is 8.94. The van der Waals surface area contributed by atoms with Crippen molar-refractivity contribution in [2.45, 2.75) is 83.3 Å². The number of esters is 2. The number of hydrogen-bond donors (Lipinski definition) is 3. The third-order valence-corrected chi connectivity index (χ3v) is 8.94. The number of rotatable bonds is 9. The van der Waals surface area contributed by atoms with Crippen LogP contribution in [-0.2, 0) is 36.9 Å². The molecule has 3 N–H and O–H groups in total. The van der Waals surface area contributed by atoms with Crippen LogP contribution in [0.25, 0.3) is 0 Å². The maximum absolute atomic E-state index is 13.4. The molecule has 10 heteroatoms. The molecule has 0 aliphatic carbocycles. The molecule has 0 spiro atoms. The molecule has 3 aliphatic heterocycles. The number of ether oxygens (including phenoxy) is 3. The Labute approximate surface area is 252 Å². The first-order valence-electron chi connectivity index (χ1n) is 14.9. The highest BCUT2D eigenvalue weighted by Gasteiger charge is 2.61. The van der Waals surface area contributed by atoms with Crippen LogP contribution in [0.5, 0.6) is 0 Å². The molecule has 3 unspecified atom stereocenters. The Bertz CT molecular complexity index is 1320. The van der Waals surface area contributed by atoms with E-state index in [9.17, 15) is 25.1 Å². The summed E-state index contributed by atoms with van der Waals surface area (Å²) in [7, 11) is 0. The third kappa shape index (κ3) is 6.69. The Morgan fingerprint density at radius 2 is 1.63 bits per heavy atom. The average molecular weight is 595 g/mol. The highest BCUT2D eigenvalue weighted by molar-refractivity contribution is 5.76. The van der Waals surface area contributed by atoms with Gasteiger partial charge in [0.2, 0.25) is 0 Å². The minimum atomic E-state index is -1.75. The number of hydrogen-bond acceptors (Lipinski definition) is 10. The zero-order valence-electron chi connectivity index (χ0n) is 25.1. The van der Waals surface area contributed by atoms with Gasteiger partial charge >= 0.3 is 11.9 Å². The fourth-order valence-corrected chi connectivity index (χ4v) is 6.60. The largest absolute Gasteiger partial charge is 0.462 e. The van der Waals surface area contributed by atoms with Gasteiger partial charge in [-0.2, -0.15) is 10.1 Å². The van der Waals surface area contributed by atoms with Gasteiger partial charge < -0.3 is 29.7 Å². The van der Waals surface area contributed by atoms with Gasteiger partial charge in [0.25, 0.3) is 0 Å². The fraction of sp³-hybridized carbons (Fsp3) is 0.515. The van der Waals surface area contributed by atoms with Crippen LogP contribution in [0.2, 0.25) is 0 Å². The van der Waals surface area contributed by atoms with Crippen LogP contribution in [-0.4, -0.2) is 73.8 Å². The zero-order chi connectivity index (χ0) is 30.9. The quantitative estimate of drug-likeness (QED) is 0.222. The first kappa shape index (κ1) is 31.3. The number of aliphatic hydroxyl groups is 1. The lowest BCUT2D eigenvalue weighted by atomic mass is 9.77. The van der Waals surface area contributed by atoms with Gasteiger partial charge in [-0.05, 0) is 36.6 Å². The molecule has 2 aromatic rings. The molecule has 232 valence electrons. The predicted octanol–water partition coefficient (Wildman–Crippen LogP) is 4.08. The van der Waals surface area contributed by atoms with Crippen molar-refractivity contribution >= 4 is 11.9 Å². The molecule has 0 saturated carbocycles.